The van der Waals surface area contributed by atoms with Crippen molar-refractivity contribution in [2.24, 2.45) is 11.3 Å². The predicted octanol–water partition coefficient (Wildman–Crippen LogP) is 1.84. The summed E-state index contributed by atoms with van der Waals surface area (Å²) in [5.41, 5.74) is -0.698. The SMILES string of the molecule is COCCN(CC(C)(C)C(=O)O)C(C)C1CC1. The average molecular weight is 243 g/mol. The minimum atomic E-state index is -0.733. The molecule has 1 fully saturated rings. The smallest absolute Gasteiger partial charge is 0.310 e. The first-order valence-corrected chi connectivity index (χ1v) is 6.35. The third-order valence-corrected chi connectivity index (χ3v) is 3.64. The van der Waals surface area contributed by atoms with Gasteiger partial charge in [0.2, 0.25) is 0 Å². The number of hydrogen-bond donors (Lipinski definition) is 1. The molecule has 0 spiro atoms. The molecule has 17 heavy (non-hydrogen) atoms. The minimum Gasteiger partial charge on any atom is -0.481 e. The van der Waals surface area contributed by atoms with Crippen molar-refractivity contribution in [2.75, 3.05) is 26.8 Å². The number of carbonyl (C=O) groups is 1. The van der Waals surface area contributed by atoms with Gasteiger partial charge in [-0.25, -0.2) is 0 Å². The monoisotopic (exact) mass is 243 g/mol. The van der Waals surface area contributed by atoms with E-state index in [1.54, 1.807) is 21.0 Å². The van der Waals surface area contributed by atoms with E-state index in [2.05, 4.69) is 11.8 Å². The molecule has 1 N–H and O–H groups in total. The molecule has 100 valence electrons. The lowest BCUT2D eigenvalue weighted by Gasteiger charge is -2.34. The highest BCUT2D eigenvalue weighted by molar-refractivity contribution is 5.73. The lowest BCUT2D eigenvalue weighted by molar-refractivity contribution is -0.148. The zero-order valence-corrected chi connectivity index (χ0v) is 11.4. The number of rotatable bonds is 8. The van der Waals surface area contributed by atoms with Crippen LogP contribution in [0.15, 0.2) is 0 Å². The molecule has 1 aliphatic carbocycles. The first kappa shape index (κ1) is 14.5. The Kier molecular flexibility index (Phi) is 4.95. The molecule has 1 rings (SSSR count). The molecular weight excluding hydrogens is 218 g/mol. The summed E-state index contributed by atoms with van der Waals surface area (Å²) in [5, 5.41) is 9.19. The van der Waals surface area contributed by atoms with Gasteiger partial charge in [-0.2, -0.15) is 0 Å². The van der Waals surface area contributed by atoms with Gasteiger partial charge >= 0.3 is 5.97 Å². The number of nitrogens with zero attached hydrogens (tertiary/aromatic N) is 1. The summed E-state index contributed by atoms with van der Waals surface area (Å²) in [5.74, 6) is 0.0133. The molecule has 0 amide bonds. The lowest BCUT2D eigenvalue weighted by atomic mass is 9.92. The summed E-state index contributed by atoms with van der Waals surface area (Å²) in [7, 11) is 1.68. The maximum absolute atomic E-state index is 11.2. The fourth-order valence-corrected chi connectivity index (χ4v) is 2.09. The van der Waals surface area contributed by atoms with Crippen molar-refractivity contribution in [1.82, 2.24) is 4.90 Å². The van der Waals surface area contributed by atoms with Gasteiger partial charge in [-0.1, -0.05) is 0 Å². The van der Waals surface area contributed by atoms with Crippen molar-refractivity contribution in [3.05, 3.63) is 0 Å². The van der Waals surface area contributed by atoms with Crippen LogP contribution in [0.5, 0.6) is 0 Å². The third kappa shape index (κ3) is 4.28. The van der Waals surface area contributed by atoms with Gasteiger partial charge in [-0.3, -0.25) is 9.69 Å². The first-order chi connectivity index (χ1) is 7.88. The van der Waals surface area contributed by atoms with Crippen LogP contribution in [0.1, 0.15) is 33.6 Å². The van der Waals surface area contributed by atoms with Crippen LogP contribution in [0.3, 0.4) is 0 Å². The van der Waals surface area contributed by atoms with Gasteiger partial charge in [0.1, 0.15) is 0 Å². The summed E-state index contributed by atoms with van der Waals surface area (Å²) in [4.78, 5) is 13.4. The fraction of sp³-hybridized carbons (Fsp3) is 0.923. The molecule has 0 aromatic heterocycles. The van der Waals surface area contributed by atoms with E-state index < -0.39 is 11.4 Å². The Hall–Kier alpha value is -0.610. The number of ether oxygens (including phenoxy) is 1. The molecule has 0 saturated heterocycles. The summed E-state index contributed by atoms with van der Waals surface area (Å²) in [6.45, 7) is 7.83. The Morgan fingerprint density at radius 1 is 1.53 bits per heavy atom. The van der Waals surface area contributed by atoms with Crippen molar-refractivity contribution < 1.29 is 14.6 Å². The van der Waals surface area contributed by atoms with Crippen LogP contribution in [0.4, 0.5) is 0 Å². The second-order valence-corrected chi connectivity index (χ2v) is 5.73. The Morgan fingerprint density at radius 2 is 2.12 bits per heavy atom. The van der Waals surface area contributed by atoms with Crippen molar-refractivity contribution in [1.29, 1.82) is 0 Å². The molecule has 4 heteroatoms. The summed E-state index contributed by atoms with van der Waals surface area (Å²) < 4.78 is 5.11. The second kappa shape index (κ2) is 5.83. The van der Waals surface area contributed by atoms with Gasteiger partial charge in [0.05, 0.1) is 12.0 Å². The van der Waals surface area contributed by atoms with E-state index in [9.17, 15) is 9.90 Å². The van der Waals surface area contributed by atoms with Gasteiger partial charge in [0.25, 0.3) is 0 Å². The minimum absolute atomic E-state index is 0.462. The number of carboxylic acids is 1. The second-order valence-electron chi connectivity index (χ2n) is 5.73. The van der Waals surface area contributed by atoms with Gasteiger partial charge < -0.3 is 9.84 Å². The largest absolute Gasteiger partial charge is 0.481 e. The highest BCUT2D eigenvalue weighted by atomic mass is 16.5. The van der Waals surface area contributed by atoms with Gasteiger partial charge in [0, 0.05) is 26.2 Å². The van der Waals surface area contributed by atoms with Crippen LogP contribution >= 0.6 is 0 Å². The van der Waals surface area contributed by atoms with Crippen molar-refractivity contribution in [3.63, 3.8) is 0 Å². The van der Waals surface area contributed by atoms with E-state index in [0.29, 0.717) is 19.2 Å². The molecule has 1 saturated carbocycles. The predicted molar refractivity (Wildman–Crippen MR) is 67.1 cm³/mol. The number of carboxylic acid groups (broad SMARTS) is 1. The summed E-state index contributed by atoms with van der Waals surface area (Å²) in [6.07, 6.45) is 2.55. The van der Waals surface area contributed by atoms with Gasteiger partial charge in [-0.15, -0.1) is 0 Å². The van der Waals surface area contributed by atoms with Gasteiger partial charge in [-0.05, 0) is 39.5 Å². The molecular formula is C13H25NO3. The Labute approximate surface area is 104 Å². The molecule has 0 bridgehead atoms. The van der Waals surface area contributed by atoms with E-state index in [1.165, 1.54) is 12.8 Å². The zero-order valence-electron chi connectivity index (χ0n) is 11.4. The fourth-order valence-electron chi connectivity index (χ4n) is 2.09. The van der Waals surface area contributed by atoms with Gasteiger partial charge in [0.15, 0.2) is 0 Å². The van der Waals surface area contributed by atoms with Crippen molar-refractivity contribution in [2.45, 2.75) is 39.7 Å². The van der Waals surface area contributed by atoms with Crippen LogP contribution in [0, 0.1) is 11.3 Å². The van der Waals surface area contributed by atoms with E-state index >= 15 is 0 Å². The van der Waals surface area contributed by atoms with Crippen LogP contribution in [0.2, 0.25) is 0 Å². The normalized spacial score (nSPS) is 18.4. The molecule has 0 heterocycles. The molecule has 1 unspecified atom stereocenters. The van der Waals surface area contributed by atoms with Crippen molar-refractivity contribution >= 4 is 5.97 Å². The molecule has 1 atom stereocenters. The molecule has 4 nitrogen and oxygen atoms in total. The first-order valence-electron chi connectivity index (χ1n) is 6.35. The topological polar surface area (TPSA) is 49.8 Å². The maximum atomic E-state index is 11.2. The van der Waals surface area contributed by atoms with Crippen molar-refractivity contribution in [3.8, 4) is 0 Å². The zero-order chi connectivity index (χ0) is 13.1. The standard InChI is InChI=1S/C13H25NO3/c1-10(11-5-6-11)14(7-8-17-4)9-13(2,3)12(15)16/h10-11H,5-9H2,1-4H3,(H,15,16). The van der Waals surface area contributed by atoms with Crippen LogP contribution in [0.25, 0.3) is 0 Å². The molecule has 1 aliphatic rings. The quantitative estimate of drug-likeness (QED) is 0.707. The Morgan fingerprint density at radius 3 is 2.53 bits per heavy atom. The van der Waals surface area contributed by atoms with E-state index in [-0.39, 0.29) is 0 Å². The third-order valence-electron chi connectivity index (χ3n) is 3.64. The molecule has 0 aromatic rings. The highest BCUT2D eigenvalue weighted by Crippen LogP contribution is 2.36. The molecule has 0 aromatic carbocycles. The maximum Gasteiger partial charge on any atom is 0.310 e. The average Bonchev–Trinajstić information content (AvgIpc) is 3.06. The van der Waals surface area contributed by atoms with E-state index in [0.717, 1.165) is 12.5 Å². The van der Waals surface area contributed by atoms with Crippen LogP contribution in [-0.4, -0.2) is 48.8 Å². The Bertz CT molecular complexity index is 261. The van der Waals surface area contributed by atoms with E-state index in [1.807, 2.05) is 0 Å². The molecule has 0 aliphatic heterocycles. The van der Waals surface area contributed by atoms with Crippen LogP contribution in [-0.2, 0) is 9.53 Å². The Balaban J connectivity index is 2.58. The molecule has 0 radical (unpaired) electrons. The number of methoxy groups -OCH3 is 1. The number of hydrogen-bond acceptors (Lipinski definition) is 3. The summed E-state index contributed by atoms with van der Waals surface area (Å²) in [6, 6.07) is 0.462. The highest BCUT2D eigenvalue weighted by Gasteiger charge is 2.36. The summed E-state index contributed by atoms with van der Waals surface area (Å²) >= 11 is 0. The number of aliphatic carboxylic acids is 1. The van der Waals surface area contributed by atoms with E-state index in [4.69, 9.17) is 4.74 Å². The van der Waals surface area contributed by atoms with Crippen LogP contribution < -0.4 is 0 Å². The lowest BCUT2D eigenvalue weighted by Crippen LogP contribution is -2.45.